The molecule has 1 amide bonds. The van der Waals surface area contributed by atoms with Crippen LogP contribution in [0.3, 0.4) is 0 Å². The number of hydrogen-bond acceptors (Lipinski definition) is 9. The van der Waals surface area contributed by atoms with Crippen LogP contribution in [0.5, 0.6) is 0 Å². The molecule has 3 aromatic heterocycles. The van der Waals surface area contributed by atoms with E-state index in [1.54, 1.807) is 30.8 Å². The van der Waals surface area contributed by atoms with Crippen molar-refractivity contribution in [3.8, 4) is 5.82 Å². The lowest BCUT2D eigenvalue weighted by molar-refractivity contribution is 0.0123. The minimum absolute atomic E-state index is 0.0143. The third-order valence-electron chi connectivity index (χ3n) is 8.46. The molecule has 2 aliphatic heterocycles. The quantitative estimate of drug-likeness (QED) is 0.252. The predicted molar refractivity (Wildman–Crippen MR) is 177 cm³/mol. The van der Waals surface area contributed by atoms with Crippen molar-refractivity contribution in [2.75, 3.05) is 35.8 Å². The van der Waals surface area contributed by atoms with Gasteiger partial charge in [0.2, 0.25) is 5.95 Å². The summed E-state index contributed by atoms with van der Waals surface area (Å²) >= 11 is 0. The van der Waals surface area contributed by atoms with E-state index in [0.29, 0.717) is 53.6 Å². The van der Waals surface area contributed by atoms with Gasteiger partial charge in [0.15, 0.2) is 11.5 Å². The molecule has 2 atom stereocenters. The number of benzene rings is 1. The largest absolute Gasteiger partial charge is 0.444 e. The van der Waals surface area contributed by atoms with Crippen LogP contribution in [0.15, 0.2) is 53.0 Å². The molecule has 2 saturated heterocycles. The number of pyridine rings is 1. The Labute approximate surface area is 268 Å². The maximum absolute atomic E-state index is 15.6. The Balaban J connectivity index is 1.13. The van der Waals surface area contributed by atoms with Gasteiger partial charge in [-0.05, 0) is 88.8 Å². The standard InChI is InChI=1S/C33H39FN8O3S/c1-33(2,3)45-32(43)41-23-12-13-24(41)19-40(18-23)26-14-11-22(16-25(26)34)36-31-35-17-21-15-27(20-9-10-20)42(30(21)38-31)29-8-6-7-28(37-29)39-46(4,5)44/h6-8,11,14-17,20,23-24H,9-10,12-13,18-19H2,1-5H3,(H,35,36,38). The van der Waals surface area contributed by atoms with E-state index < -0.39 is 15.3 Å². The van der Waals surface area contributed by atoms with E-state index in [1.165, 1.54) is 6.07 Å². The Morgan fingerprint density at radius 3 is 2.43 bits per heavy atom. The number of fused-ring (bicyclic) bond motifs is 3. The first-order valence-electron chi connectivity index (χ1n) is 15.7. The number of ether oxygens (including phenoxy) is 1. The third-order valence-corrected chi connectivity index (χ3v) is 9.08. The second kappa shape index (κ2) is 11.2. The Morgan fingerprint density at radius 2 is 1.78 bits per heavy atom. The van der Waals surface area contributed by atoms with E-state index in [1.807, 2.05) is 53.3 Å². The van der Waals surface area contributed by atoms with Crippen LogP contribution in [0.25, 0.3) is 16.9 Å². The molecule has 7 rings (SSSR count). The van der Waals surface area contributed by atoms with Crippen molar-refractivity contribution in [2.24, 2.45) is 4.36 Å². The fraction of sp³-hybridized carbons (Fsp3) is 0.455. The number of aromatic nitrogens is 4. The zero-order valence-corrected chi connectivity index (χ0v) is 27.6. The van der Waals surface area contributed by atoms with Gasteiger partial charge in [0.05, 0.1) is 17.8 Å². The SMILES string of the molecule is CC(C)(C)OC(=O)N1C2CCC1CN(c1ccc(Nc3ncc4cc(C5CC5)n(-c5cccc(N=S(C)(C)=O)n5)c4n3)cc1F)C2. The molecule has 0 spiro atoms. The summed E-state index contributed by atoms with van der Waals surface area (Å²) in [5, 5.41) is 4.04. The maximum Gasteiger partial charge on any atom is 0.410 e. The number of piperazine rings is 1. The lowest BCUT2D eigenvalue weighted by Crippen LogP contribution is -2.57. The van der Waals surface area contributed by atoms with Gasteiger partial charge in [-0.1, -0.05) is 6.07 Å². The molecule has 4 aromatic rings. The molecule has 3 aliphatic rings. The van der Waals surface area contributed by atoms with E-state index in [4.69, 9.17) is 14.7 Å². The number of rotatable bonds is 6. The fourth-order valence-electron chi connectivity index (χ4n) is 6.49. The molecule has 1 saturated carbocycles. The van der Waals surface area contributed by atoms with Crippen LogP contribution >= 0.6 is 0 Å². The number of anilines is 3. The number of carbonyl (C=O) groups excluding carboxylic acids is 1. The monoisotopic (exact) mass is 646 g/mol. The zero-order valence-electron chi connectivity index (χ0n) is 26.7. The summed E-state index contributed by atoms with van der Waals surface area (Å²) in [4.78, 5) is 30.8. The molecular formula is C33H39FN8O3S. The second-order valence-corrected chi connectivity index (χ2v) is 16.3. The molecule has 2 unspecified atom stereocenters. The average Bonchev–Trinajstić information content (AvgIpc) is 3.68. The van der Waals surface area contributed by atoms with Gasteiger partial charge < -0.3 is 15.0 Å². The van der Waals surface area contributed by atoms with E-state index in [-0.39, 0.29) is 24.0 Å². The third kappa shape index (κ3) is 6.24. The van der Waals surface area contributed by atoms with Crippen molar-refractivity contribution >= 4 is 50.0 Å². The van der Waals surface area contributed by atoms with E-state index in [9.17, 15) is 9.00 Å². The van der Waals surface area contributed by atoms with Gasteiger partial charge in [-0.15, -0.1) is 0 Å². The van der Waals surface area contributed by atoms with Crippen molar-refractivity contribution in [2.45, 2.75) is 70.1 Å². The molecular weight excluding hydrogens is 607 g/mol. The van der Waals surface area contributed by atoms with E-state index in [0.717, 1.165) is 36.8 Å². The van der Waals surface area contributed by atoms with Crippen LogP contribution in [-0.2, 0) is 14.5 Å². The van der Waals surface area contributed by atoms with E-state index in [2.05, 4.69) is 20.7 Å². The van der Waals surface area contributed by atoms with Crippen LogP contribution in [0.2, 0.25) is 0 Å². The first-order valence-corrected chi connectivity index (χ1v) is 18.0. The van der Waals surface area contributed by atoms with Crippen LogP contribution in [-0.4, -0.2) is 78.0 Å². The highest BCUT2D eigenvalue weighted by Gasteiger charge is 2.44. The van der Waals surface area contributed by atoms with Crippen molar-refractivity contribution in [3.63, 3.8) is 0 Å². The molecule has 2 bridgehead atoms. The number of nitrogens with zero attached hydrogens (tertiary/aromatic N) is 7. The number of carbonyl (C=O) groups is 1. The second-order valence-electron chi connectivity index (χ2n) is 13.7. The molecule has 3 fully saturated rings. The van der Waals surface area contributed by atoms with Gasteiger partial charge in [0.25, 0.3) is 0 Å². The summed E-state index contributed by atoms with van der Waals surface area (Å²) in [6.45, 7) is 6.70. The van der Waals surface area contributed by atoms with Crippen LogP contribution in [0.4, 0.5) is 32.3 Å². The first-order chi connectivity index (χ1) is 21.8. The molecule has 11 nitrogen and oxygen atoms in total. The Hall–Kier alpha value is -4.26. The van der Waals surface area contributed by atoms with Crippen molar-refractivity contribution < 1.29 is 18.1 Å². The number of nitrogens with one attached hydrogen (secondary N) is 1. The maximum atomic E-state index is 15.6. The van der Waals surface area contributed by atoms with Gasteiger partial charge >= 0.3 is 6.09 Å². The lowest BCUT2D eigenvalue weighted by Gasteiger charge is -2.42. The summed E-state index contributed by atoms with van der Waals surface area (Å²) in [6, 6.07) is 12.6. The van der Waals surface area contributed by atoms with Crippen LogP contribution in [0, 0.1) is 5.82 Å². The smallest absolute Gasteiger partial charge is 0.410 e. The topological polar surface area (TPSA) is 118 Å². The Bertz CT molecular complexity index is 1940. The molecule has 46 heavy (non-hydrogen) atoms. The molecule has 13 heteroatoms. The summed E-state index contributed by atoms with van der Waals surface area (Å²) in [5.41, 5.74) is 2.24. The lowest BCUT2D eigenvalue weighted by atomic mass is 10.1. The molecule has 0 radical (unpaired) electrons. The van der Waals surface area contributed by atoms with Gasteiger partial charge in [-0.25, -0.2) is 23.4 Å². The molecule has 1 N–H and O–H groups in total. The molecule has 1 aliphatic carbocycles. The summed E-state index contributed by atoms with van der Waals surface area (Å²) in [6.07, 6.45) is 8.54. The Morgan fingerprint density at radius 1 is 1.04 bits per heavy atom. The Kier molecular flexibility index (Phi) is 7.41. The van der Waals surface area contributed by atoms with Crippen LogP contribution in [0.1, 0.15) is 58.1 Å². The fourth-order valence-corrected chi connectivity index (χ4v) is 7.04. The highest BCUT2D eigenvalue weighted by atomic mass is 32.2. The zero-order chi connectivity index (χ0) is 32.4. The van der Waals surface area contributed by atoms with E-state index >= 15 is 4.39 Å². The summed E-state index contributed by atoms with van der Waals surface area (Å²) in [5.74, 6) is 1.42. The summed E-state index contributed by atoms with van der Waals surface area (Å²) in [7, 11) is -2.38. The van der Waals surface area contributed by atoms with Gasteiger partial charge in [0.1, 0.15) is 17.2 Å². The van der Waals surface area contributed by atoms with Crippen molar-refractivity contribution in [3.05, 3.63) is 60.2 Å². The highest BCUT2D eigenvalue weighted by molar-refractivity contribution is 7.92. The first kappa shape index (κ1) is 30.4. The minimum Gasteiger partial charge on any atom is -0.444 e. The molecule has 1 aromatic carbocycles. The normalized spacial score (nSPS) is 19.9. The van der Waals surface area contributed by atoms with Crippen LogP contribution < -0.4 is 10.2 Å². The minimum atomic E-state index is -2.38. The summed E-state index contributed by atoms with van der Waals surface area (Å²) < 4.78 is 39.9. The predicted octanol–water partition coefficient (Wildman–Crippen LogP) is 6.52. The molecule has 242 valence electrons. The highest BCUT2D eigenvalue weighted by Crippen LogP contribution is 2.43. The van der Waals surface area contributed by atoms with Gasteiger partial charge in [0, 0.05) is 58.3 Å². The van der Waals surface area contributed by atoms with Crippen molar-refractivity contribution in [1.29, 1.82) is 0 Å². The average molecular weight is 647 g/mol. The van der Waals surface area contributed by atoms with Crippen molar-refractivity contribution in [1.82, 2.24) is 24.4 Å². The number of amides is 1. The number of hydrogen-bond donors (Lipinski definition) is 1. The van der Waals surface area contributed by atoms with Gasteiger partial charge in [-0.3, -0.25) is 9.47 Å². The number of halogens is 1. The molecule has 5 heterocycles. The van der Waals surface area contributed by atoms with Gasteiger partial charge in [-0.2, -0.15) is 9.35 Å².